The van der Waals surface area contributed by atoms with Crippen molar-refractivity contribution in [3.63, 3.8) is 0 Å². The molecule has 0 aromatic heterocycles. The van der Waals surface area contributed by atoms with Gasteiger partial charge in [-0.3, -0.25) is 0 Å². The third-order valence-corrected chi connectivity index (χ3v) is 4.38. The Kier molecular flexibility index (Phi) is 5.00. The van der Waals surface area contributed by atoms with Gasteiger partial charge >= 0.3 is 0 Å². The van der Waals surface area contributed by atoms with E-state index in [2.05, 4.69) is 38.9 Å². The van der Waals surface area contributed by atoms with Crippen LogP contribution >= 0.6 is 0 Å². The van der Waals surface area contributed by atoms with E-state index < -0.39 is 0 Å². The van der Waals surface area contributed by atoms with Crippen LogP contribution in [0.4, 0.5) is 0 Å². The van der Waals surface area contributed by atoms with Crippen molar-refractivity contribution in [2.45, 2.75) is 64.0 Å². The van der Waals surface area contributed by atoms with E-state index in [0.29, 0.717) is 0 Å². The van der Waals surface area contributed by atoms with Crippen molar-refractivity contribution in [2.75, 3.05) is 14.1 Å². The summed E-state index contributed by atoms with van der Waals surface area (Å²) < 4.78 is 0. The monoisotopic (exact) mass is 224 g/mol. The summed E-state index contributed by atoms with van der Waals surface area (Å²) in [5.74, 6) is 0. The van der Waals surface area contributed by atoms with E-state index in [1.165, 1.54) is 37.7 Å². The Morgan fingerprint density at radius 1 is 1.38 bits per heavy atom. The lowest BCUT2D eigenvalue weighted by Gasteiger charge is -2.42. The van der Waals surface area contributed by atoms with Gasteiger partial charge in [-0.05, 0) is 53.1 Å². The van der Waals surface area contributed by atoms with Gasteiger partial charge < -0.3 is 10.6 Å². The van der Waals surface area contributed by atoms with E-state index in [-0.39, 0.29) is 11.6 Å². The molecule has 0 fully saturated rings. The van der Waals surface area contributed by atoms with Gasteiger partial charge in [0.05, 0.1) is 0 Å². The first-order valence-electron chi connectivity index (χ1n) is 6.64. The van der Waals surface area contributed by atoms with Crippen LogP contribution in [0.15, 0.2) is 11.6 Å². The van der Waals surface area contributed by atoms with Crippen molar-refractivity contribution in [1.82, 2.24) is 4.90 Å². The molecule has 2 atom stereocenters. The summed E-state index contributed by atoms with van der Waals surface area (Å²) in [5.41, 5.74) is 8.07. The summed E-state index contributed by atoms with van der Waals surface area (Å²) in [6.45, 7) is 4.51. The highest BCUT2D eigenvalue weighted by atomic mass is 15.2. The number of nitrogens with zero attached hydrogens (tertiary/aromatic N) is 1. The topological polar surface area (TPSA) is 29.3 Å². The van der Waals surface area contributed by atoms with Gasteiger partial charge in [0.15, 0.2) is 0 Å². The average Bonchev–Trinajstić information content (AvgIpc) is 2.55. The lowest BCUT2D eigenvalue weighted by atomic mass is 9.82. The van der Waals surface area contributed by atoms with E-state index in [0.717, 1.165) is 6.42 Å². The number of rotatable bonds is 4. The third kappa shape index (κ3) is 2.86. The number of allylic oxidation sites excluding steroid dienone is 1. The molecular formula is C14H28N2. The average molecular weight is 224 g/mol. The maximum atomic E-state index is 6.50. The molecule has 0 aromatic carbocycles. The first-order chi connectivity index (χ1) is 7.52. The summed E-state index contributed by atoms with van der Waals surface area (Å²) in [5, 5.41) is 0. The van der Waals surface area contributed by atoms with E-state index >= 15 is 0 Å². The molecule has 2 N–H and O–H groups in total. The Balaban J connectivity index is 2.81. The SMILES string of the molecule is CCC(C)(C(N)C1=CCCCCC1)N(C)C. The second-order valence-corrected chi connectivity index (χ2v) is 5.46. The highest BCUT2D eigenvalue weighted by Gasteiger charge is 2.34. The van der Waals surface area contributed by atoms with Crippen LogP contribution in [0.2, 0.25) is 0 Å². The first kappa shape index (κ1) is 13.7. The minimum absolute atomic E-state index is 0.0934. The van der Waals surface area contributed by atoms with Crippen LogP contribution < -0.4 is 5.73 Å². The molecular weight excluding hydrogens is 196 g/mol. The smallest absolute Gasteiger partial charge is 0.0438 e. The Bertz CT molecular complexity index is 245. The zero-order chi connectivity index (χ0) is 12.2. The molecule has 1 aliphatic rings. The summed E-state index contributed by atoms with van der Waals surface area (Å²) in [7, 11) is 4.28. The van der Waals surface area contributed by atoms with Crippen LogP contribution in [0.3, 0.4) is 0 Å². The van der Waals surface area contributed by atoms with Crippen molar-refractivity contribution in [2.24, 2.45) is 5.73 Å². The molecule has 0 radical (unpaired) electrons. The first-order valence-corrected chi connectivity index (χ1v) is 6.64. The van der Waals surface area contributed by atoms with E-state index in [1.54, 1.807) is 0 Å². The molecule has 2 nitrogen and oxygen atoms in total. The summed E-state index contributed by atoms with van der Waals surface area (Å²) in [6.07, 6.45) is 9.92. The molecule has 0 spiro atoms. The summed E-state index contributed by atoms with van der Waals surface area (Å²) >= 11 is 0. The highest BCUT2D eigenvalue weighted by Crippen LogP contribution is 2.29. The second-order valence-electron chi connectivity index (χ2n) is 5.46. The van der Waals surface area contributed by atoms with Gasteiger partial charge in [-0.1, -0.05) is 25.0 Å². The van der Waals surface area contributed by atoms with E-state index in [9.17, 15) is 0 Å². The standard InChI is InChI=1S/C14H28N2/c1-5-14(2,16(3)4)13(15)12-10-8-6-7-9-11-12/h10,13H,5-9,11,15H2,1-4H3. The number of likely N-dealkylation sites (N-methyl/N-ethyl adjacent to an activating group) is 1. The molecule has 0 amide bonds. The molecule has 0 saturated heterocycles. The van der Waals surface area contributed by atoms with Crippen LogP contribution in [0, 0.1) is 0 Å². The van der Waals surface area contributed by atoms with Crippen LogP contribution in [-0.4, -0.2) is 30.6 Å². The van der Waals surface area contributed by atoms with Crippen LogP contribution in [0.1, 0.15) is 52.4 Å². The van der Waals surface area contributed by atoms with Gasteiger partial charge in [-0.2, -0.15) is 0 Å². The van der Waals surface area contributed by atoms with Gasteiger partial charge in [0, 0.05) is 11.6 Å². The van der Waals surface area contributed by atoms with Crippen molar-refractivity contribution < 1.29 is 0 Å². The van der Waals surface area contributed by atoms with E-state index in [1.807, 2.05) is 0 Å². The normalized spacial score (nSPS) is 23.5. The maximum absolute atomic E-state index is 6.50. The molecule has 0 aromatic rings. The summed E-state index contributed by atoms with van der Waals surface area (Å²) in [4.78, 5) is 2.28. The highest BCUT2D eigenvalue weighted by molar-refractivity contribution is 5.18. The second kappa shape index (κ2) is 5.83. The predicted molar refractivity (Wildman–Crippen MR) is 71.5 cm³/mol. The summed E-state index contributed by atoms with van der Waals surface area (Å²) in [6, 6.07) is 0.186. The van der Waals surface area contributed by atoms with Gasteiger partial charge in [-0.25, -0.2) is 0 Å². The third-order valence-electron chi connectivity index (χ3n) is 4.38. The van der Waals surface area contributed by atoms with Crippen molar-refractivity contribution in [3.05, 3.63) is 11.6 Å². The fourth-order valence-electron chi connectivity index (χ4n) is 2.54. The van der Waals surface area contributed by atoms with Crippen molar-refractivity contribution >= 4 is 0 Å². The molecule has 16 heavy (non-hydrogen) atoms. The maximum Gasteiger partial charge on any atom is 0.0438 e. The lowest BCUT2D eigenvalue weighted by molar-refractivity contribution is 0.144. The van der Waals surface area contributed by atoms with Gasteiger partial charge in [-0.15, -0.1) is 0 Å². The van der Waals surface area contributed by atoms with Crippen LogP contribution in [0.25, 0.3) is 0 Å². The fourth-order valence-corrected chi connectivity index (χ4v) is 2.54. The Hall–Kier alpha value is -0.340. The molecule has 0 bridgehead atoms. The predicted octanol–water partition coefficient (Wildman–Crippen LogP) is 2.93. The zero-order valence-electron chi connectivity index (χ0n) is 11.4. The van der Waals surface area contributed by atoms with Crippen LogP contribution in [0.5, 0.6) is 0 Å². The Morgan fingerprint density at radius 2 is 2.06 bits per heavy atom. The largest absolute Gasteiger partial charge is 0.323 e. The molecule has 94 valence electrons. The molecule has 0 heterocycles. The Morgan fingerprint density at radius 3 is 2.62 bits per heavy atom. The Labute approximate surface area is 101 Å². The molecule has 0 saturated carbocycles. The molecule has 1 aliphatic carbocycles. The van der Waals surface area contributed by atoms with Gasteiger partial charge in [0.2, 0.25) is 0 Å². The molecule has 0 aliphatic heterocycles. The van der Waals surface area contributed by atoms with Crippen molar-refractivity contribution in [1.29, 1.82) is 0 Å². The molecule has 1 rings (SSSR count). The number of hydrogen-bond donors (Lipinski definition) is 1. The van der Waals surface area contributed by atoms with Crippen LogP contribution in [-0.2, 0) is 0 Å². The van der Waals surface area contributed by atoms with E-state index in [4.69, 9.17) is 5.73 Å². The zero-order valence-corrected chi connectivity index (χ0v) is 11.4. The minimum Gasteiger partial charge on any atom is -0.323 e. The number of nitrogens with two attached hydrogens (primary N) is 1. The molecule has 2 heteroatoms. The number of hydrogen-bond acceptors (Lipinski definition) is 2. The fraction of sp³-hybridized carbons (Fsp3) is 0.857. The molecule has 2 unspecified atom stereocenters. The van der Waals surface area contributed by atoms with Gasteiger partial charge in [0.25, 0.3) is 0 Å². The quantitative estimate of drug-likeness (QED) is 0.744. The van der Waals surface area contributed by atoms with Gasteiger partial charge in [0.1, 0.15) is 0 Å². The minimum atomic E-state index is 0.0934. The lowest BCUT2D eigenvalue weighted by Crippen LogP contribution is -2.55. The van der Waals surface area contributed by atoms with Crippen molar-refractivity contribution in [3.8, 4) is 0 Å².